The zero-order chi connectivity index (χ0) is 15.6. The van der Waals surface area contributed by atoms with Crippen molar-refractivity contribution in [1.82, 2.24) is 9.21 Å². The van der Waals surface area contributed by atoms with Gasteiger partial charge in [0.1, 0.15) is 0 Å². The number of hydrogen-bond acceptors (Lipinski definition) is 3. The number of carbonyl (C=O) groups is 1. The summed E-state index contributed by atoms with van der Waals surface area (Å²) in [6.45, 7) is 2.39. The van der Waals surface area contributed by atoms with Gasteiger partial charge in [-0.1, -0.05) is 25.1 Å². The summed E-state index contributed by atoms with van der Waals surface area (Å²) in [5, 5.41) is 0. The normalized spacial score (nSPS) is 20.1. The van der Waals surface area contributed by atoms with Crippen molar-refractivity contribution in [3.05, 3.63) is 29.8 Å². The van der Waals surface area contributed by atoms with Crippen LogP contribution < -0.4 is 0 Å². The molecule has 1 amide bonds. The van der Waals surface area contributed by atoms with Crippen molar-refractivity contribution < 1.29 is 13.2 Å². The summed E-state index contributed by atoms with van der Waals surface area (Å²) in [7, 11) is -0.202. The highest BCUT2D eigenvalue weighted by Crippen LogP contribution is 2.24. The Morgan fingerprint density at radius 1 is 1.33 bits per heavy atom. The van der Waals surface area contributed by atoms with Gasteiger partial charge < -0.3 is 4.90 Å². The number of nitrogens with zero attached hydrogens (tertiary/aromatic N) is 2. The first kappa shape index (κ1) is 16.0. The van der Waals surface area contributed by atoms with Gasteiger partial charge in [-0.05, 0) is 24.5 Å². The first-order valence-electron chi connectivity index (χ1n) is 7.17. The molecule has 0 aromatic heterocycles. The molecule has 1 atom stereocenters. The number of sulfonamides is 1. The number of likely N-dealkylation sites (tertiary alicyclic amines) is 1. The maximum atomic E-state index is 12.8. The molecule has 0 bridgehead atoms. The van der Waals surface area contributed by atoms with Crippen molar-refractivity contribution in [3.8, 4) is 0 Å². The van der Waals surface area contributed by atoms with Crippen LogP contribution in [-0.4, -0.2) is 50.2 Å². The predicted molar refractivity (Wildman–Crippen MR) is 81.4 cm³/mol. The lowest BCUT2D eigenvalue weighted by Crippen LogP contribution is -2.49. The molecule has 6 heteroatoms. The van der Waals surface area contributed by atoms with Gasteiger partial charge in [-0.3, -0.25) is 4.79 Å². The van der Waals surface area contributed by atoms with E-state index in [4.69, 9.17) is 0 Å². The Balaban J connectivity index is 2.29. The van der Waals surface area contributed by atoms with Crippen LogP contribution >= 0.6 is 0 Å². The molecular weight excluding hydrogens is 288 g/mol. The van der Waals surface area contributed by atoms with Gasteiger partial charge >= 0.3 is 0 Å². The highest BCUT2D eigenvalue weighted by molar-refractivity contribution is 7.89. The molecule has 5 nitrogen and oxygen atoms in total. The topological polar surface area (TPSA) is 57.7 Å². The standard InChI is InChI=1S/C15H22N2O3S/c1-4-12-7-5-6-8-14(12)21(19,20)17(3)13-9-10-15(18)16(2)11-13/h5-8,13H,4,9-11H2,1-3H3/t13-/m0/s1. The molecule has 0 unspecified atom stereocenters. The lowest BCUT2D eigenvalue weighted by Gasteiger charge is -2.35. The Labute approximate surface area is 126 Å². The van der Waals surface area contributed by atoms with Crippen LogP contribution in [0.3, 0.4) is 0 Å². The fourth-order valence-corrected chi connectivity index (χ4v) is 4.35. The van der Waals surface area contributed by atoms with Crippen molar-refractivity contribution in [1.29, 1.82) is 0 Å². The van der Waals surface area contributed by atoms with E-state index in [1.54, 1.807) is 31.1 Å². The van der Waals surface area contributed by atoms with E-state index < -0.39 is 10.0 Å². The van der Waals surface area contributed by atoms with E-state index in [1.165, 1.54) is 4.31 Å². The predicted octanol–water partition coefficient (Wildman–Crippen LogP) is 1.49. The van der Waals surface area contributed by atoms with Crippen molar-refractivity contribution in [2.45, 2.75) is 37.1 Å². The number of hydrogen-bond donors (Lipinski definition) is 0. The number of amides is 1. The lowest BCUT2D eigenvalue weighted by atomic mass is 10.1. The maximum Gasteiger partial charge on any atom is 0.243 e. The summed E-state index contributed by atoms with van der Waals surface area (Å²) in [6.07, 6.45) is 1.65. The molecule has 21 heavy (non-hydrogen) atoms. The average molecular weight is 310 g/mol. The Bertz CT molecular complexity index is 628. The van der Waals surface area contributed by atoms with Crippen LogP contribution in [0.1, 0.15) is 25.3 Å². The molecule has 1 saturated heterocycles. The Hall–Kier alpha value is -1.40. The molecular formula is C15H22N2O3S. The third kappa shape index (κ3) is 3.11. The zero-order valence-electron chi connectivity index (χ0n) is 12.7. The number of carbonyl (C=O) groups excluding carboxylic acids is 1. The Morgan fingerprint density at radius 3 is 2.62 bits per heavy atom. The summed E-state index contributed by atoms with van der Waals surface area (Å²) in [6, 6.07) is 6.93. The quantitative estimate of drug-likeness (QED) is 0.846. The molecule has 0 aliphatic carbocycles. The SMILES string of the molecule is CCc1ccccc1S(=O)(=O)N(C)[C@H]1CCC(=O)N(C)C1. The van der Waals surface area contributed by atoms with E-state index in [2.05, 4.69) is 0 Å². The van der Waals surface area contributed by atoms with Crippen LogP contribution in [0.25, 0.3) is 0 Å². The fraction of sp³-hybridized carbons (Fsp3) is 0.533. The Kier molecular flexibility index (Phi) is 4.68. The summed E-state index contributed by atoms with van der Waals surface area (Å²) < 4.78 is 27.1. The van der Waals surface area contributed by atoms with Gasteiger partial charge in [0.15, 0.2) is 0 Å². The number of aryl methyl sites for hydroxylation is 1. The van der Waals surface area contributed by atoms with Gasteiger partial charge in [0, 0.05) is 33.1 Å². The molecule has 0 spiro atoms. The molecule has 116 valence electrons. The minimum Gasteiger partial charge on any atom is -0.344 e. The fourth-order valence-electron chi connectivity index (χ4n) is 2.69. The number of rotatable bonds is 4. The van der Waals surface area contributed by atoms with Crippen LogP contribution in [-0.2, 0) is 21.2 Å². The third-order valence-electron chi connectivity index (χ3n) is 4.13. The highest BCUT2D eigenvalue weighted by Gasteiger charge is 2.33. The van der Waals surface area contributed by atoms with E-state index in [1.807, 2.05) is 19.1 Å². The lowest BCUT2D eigenvalue weighted by molar-refractivity contribution is -0.133. The van der Waals surface area contributed by atoms with Gasteiger partial charge in [-0.25, -0.2) is 8.42 Å². The number of benzene rings is 1. The molecule has 1 heterocycles. The van der Waals surface area contributed by atoms with Crippen molar-refractivity contribution >= 4 is 15.9 Å². The highest BCUT2D eigenvalue weighted by atomic mass is 32.2. The monoisotopic (exact) mass is 310 g/mol. The second-order valence-corrected chi connectivity index (χ2v) is 7.42. The van der Waals surface area contributed by atoms with Crippen molar-refractivity contribution in [2.75, 3.05) is 20.6 Å². The van der Waals surface area contributed by atoms with Gasteiger partial charge in [0.2, 0.25) is 15.9 Å². The molecule has 1 aromatic rings. The first-order chi connectivity index (χ1) is 9.87. The molecule has 0 radical (unpaired) electrons. The Morgan fingerprint density at radius 2 is 2.00 bits per heavy atom. The number of piperidine rings is 1. The van der Waals surface area contributed by atoms with Crippen LogP contribution in [0.2, 0.25) is 0 Å². The second-order valence-electron chi connectivity index (χ2n) is 5.45. The van der Waals surface area contributed by atoms with E-state index in [0.29, 0.717) is 30.7 Å². The van der Waals surface area contributed by atoms with Crippen molar-refractivity contribution in [2.24, 2.45) is 0 Å². The van der Waals surface area contributed by atoms with Gasteiger partial charge in [-0.15, -0.1) is 0 Å². The molecule has 1 aliphatic rings. The third-order valence-corrected chi connectivity index (χ3v) is 6.14. The van der Waals surface area contributed by atoms with Crippen LogP contribution in [0.4, 0.5) is 0 Å². The zero-order valence-corrected chi connectivity index (χ0v) is 13.6. The van der Waals surface area contributed by atoms with E-state index in [0.717, 1.165) is 5.56 Å². The van der Waals surface area contributed by atoms with Crippen molar-refractivity contribution in [3.63, 3.8) is 0 Å². The minimum atomic E-state index is -3.53. The second kappa shape index (κ2) is 6.15. The molecule has 1 aliphatic heterocycles. The van der Waals surface area contributed by atoms with Crippen LogP contribution in [0.5, 0.6) is 0 Å². The molecule has 0 saturated carbocycles. The van der Waals surface area contributed by atoms with E-state index in [9.17, 15) is 13.2 Å². The summed E-state index contributed by atoms with van der Waals surface area (Å²) >= 11 is 0. The summed E-state index contributed by atoms with van der Waals surface area (Å²) in [5.41, 5.74) is 0.824. The average Bonchev–Trinajstić information content (AvgIpc) is 2.49. The van der Waals surface area contributed by atoms with Crippen LogP contribution in [0.15, 0.2) is 29.2 Å². The molecule has 0 N–H and O–H groups in total. The smallest absolute Gasteiger partial charge is 0.243 e. The summed E-state index contributed by atoms with van der Waals surface area (Å²) in [5.74, 6) is 0.0750. The largest absolute Gasteiger partial charge is 0.344 e. The van der Waals surface area contributed by atoms with Gasteiger partial charge in [0.05, 0.1) is 4.90 Å². The minimum absolute atomic E-state index is 0.0750. The van der Waals surface area contributed by atoms with E-state index in [-0.39, 0.29) is 11.9 Å². The first-order valence-corrected chi connectivity index (χ1v) is 8.61. The molecule has 2 rings (SSSR count). The van der Waals surface area contributed by atoms with Gasteiger partial charge in [-0.2, -0.15) is 4.31 Å². The molecule has 1 fully saturated rings. The summed E-state index contributed by atoms with van der Waals surface area (Å²) in [4.78, 5) is 13.5. The van der Waals surface area contributed by atoms with Gasteiger partial charge in [0.25, 0.3) is 0 Å². The van der Waals surface area contributed by atoms with E-state index >= 15 is 0 Å². The van der Waals surface area contributed by atoms with Crippen LogP contribution in [0, 0.1) is 0 Å². The molecule has 1 aromatic carbocycles. The maximum absolute atomic E-state index is 12.8. The number of likely N-dealkylation sites (N-methyl/N-ethyl adjacent to an activating group) is 2.